The van der Waals surface area contributed by atoms with E-state index in [2.05, 4.69) is 5.32 Å². The number of carbonyl (C=O) groups is 1. The first-order valence-electron chi connectivity index (χ1n) is 7.69. The van der Waals surface area contributed by atoms with E-state index in [-0.39, 0.29) is 5.91 Å². The van der Waals surface area contributed by atoms with Crippen molar-refractivity contribution < 1.29 is 4.79 Å². The number of anilines is 1. The van der Waals surface area contributed by atoms with Gasteiger partial charge in [-0.15, -0.1) is 0 Å². The first kappa shape index (κ1) is 14.9. The Bertz CT molecular complexity index is 462. The lowest BCUT2D eigenvalue weighted by Gasteiger charge is -2.28. The summed E-state index contributed by atoms with van der Waals surface area (Å²) >= 11 is 0. The molecule has 0 bridgehead atoms. The predicted octanol–water partition coefficient (Wildman–Crippen LogP) is 3.83. The maximum absolute atomic E-state index is 12.7. The van der Waals surface area contributed by atoms with Gasteiger partial charge >= 0.3 is 0 Å². The lowest BCUT2D eigenvalue weighted by atomic mass is 10.0. The molecule has 3 heteroatoms. The van der Waals surface area contributed by atoms with Crippen LogP contribution < -0.4 is 5.32 Å². The molecule has 1 N–H and O–H groups in total. The highest BCUT2D eigenvalue weighted by molar-refractivity contribution is 5.99. The summed E-state index contributed by atoms with van der Waals surface area (Å²) < 4.78 is 0. The molecule has 1 aliphatic rings. The molecule has 1 saturated carbocycles. The molecule has 0 aromatic heterocycles. The van der Waals surface area contributed by atoms with Gasteiger partial charge in [0.05, 0.1) is 5.56 Å². The maximum atomic E-state index is 12.7. The Labute approximate surface area is 122 Å². The minimum Gasteiger partial charge on any atom is -0.387 e. The molecular formula is C17H26N2O. The van der Waals surface area contributed by atoms with Gasteiger partial charge in [0.15, 0.2) is 0 Å². The van der Waals surface area contributed by atoms with E-state index in [4.69, 9.17) is 0 Å². The van der Waals surface area contributed by atoms with Crippen molar-refractivity contribution in [1.82, 2.24) is 4.90 Å². The van der Waals surface area contributed by atoms with Crippen LogP contribution in [-0.2, 0) is 0 Å². The molecule has 20 heavy (non-hydrogen) atoms. The van der Waals surface area contributed by atoms with Gasteiger partial charge in [-0.2, -0.15) is 0 Å². The van der Waals surface area contributed by atoms with Crippen molar-refractivity contribution in [2.75, 3.05) is 19.4 Å². The van der Waals surface area contributed by atoms with Crippen LogP contribution in [0.15, 0.2) is 18.2 Å². The van der Waals surface area contributed by atoms with E-state index in [1.807, 2.05) is 44.1 Å². The topological polar surface area (TPSA) is 32.3 Å². The smallest absolute Gasteiger partial charge is 0.255 e. The Kier molecular flexibility index (Phi) is 5.05. The number of amides is 1. The summed E-state index contributed by atoms with van der Waals surface area (Å²) in [5.74, 6) is 0.140. The van der Waals surface area contributed by atoms with Gasteiger partial charge in [-0.1, -0.05) is 31.7 Å². The van der Waals surface area contributed by atoms with Crippen LogP contribution in [0.25, 0.3) is 0 Å². The van der Waals surface area contributed by atoms with Crippen molar-refractivity contribution >= 4 is 11.6 Å². The maximum Gasteiger partial charge on any atom is 0.255 e. The second-order valence-electron chi connectivity index (χ2n) is 5.86. The van der Waals surface area contributed by atoms with E-state index in [1.54, 1.807) is 0 Å². The van der Waals surface area contributed by atoms with Crippen LogP contribution in [0.4, 0.5) is 5.69 Å². The van der Waals surface area contributed by atoms with Gasteiger partial charge in [-0.25, -0.2) is 0 Å². The largest absolute Gasteiger partial charge is 0.387 e. The van der Waals surface area contributed by atoms with Crippen LogP contribution in [0.1, 0.15) is 54.4 Å². The summed E-state index contributed by atoms with van der Waals surface area (Å²) in [5, 5.41) is 3.14. The molecule has 0 atom stereocenters. The summed E-state index contributed by atoms with van der Waals surface area (Å²) in [5.41, 5.74) is 2.88. The van der Waals surface area contributed by atoms with E-state index < -0.39 is 0 Å². The van der Waals surface area contributed by atoms with Gasteiger partial charge in [-0.05, 0) is 37.5 Å². The van der Waals surface area contributed by atoms with Crippen LogP contribution >= 0.6 is 0 Å². The van der Waals surface area contributed by atoms with E-state index in [1.165, 1.54) is 31.2 Å². The molecule has 0 radical (unpaired) electrons. The fourth-order valence-electron chi connectivity index (χ4n) is 3.05. The zero-order valence-corrected chi connectivity index (χ0v) is 12.9. The highest BCUT2D eigenvalue weighted by Gasteiger charge is 2.23. The number of hydrogen-bond acceptors (Lipinski definition) is 2. The van der Waals surface area contributed by atoms with Gasteiger partial charge in [0, 0.05) is 25.8 Å². The number of aryl methyl sites for hydroxylation is 1. The van der Waals surface area contributed by atoms with Crippen molar-refractivity contribution in [3.63, 3.8) is 0 Å². The summed E-state index contributed by atoms with van der Waals surface area (Å²) in [4.78, 5) is 14.7. The Morgan fingerprint density at radius 2 is 1.85 bits per heavy atom. The van der Waals surface area contributed by atoms with Gasteiger partial charge in [0.2, 0.25) is 0 Å². The van der Waals surface area contributed by atoms with Crippen LogP contribution in [0, 0.1) is 6.92 Å². The Balaban J connectivity index is 2.17. The minimum atomic E-state index is 0.140. The van der Waals surface area contributed by atoms with Gasteiger partial charge in [0.1, 0.15) is 0 Å². The second kappa shape index (κ2) is 6.78. The molecule has 1 aromatic rings. The third-order valence-corrected chi connectivity index (χ3v) is 4.37. The molecule has 1 aromatic carbocycles. The van der Waals surface area contributed by atoms with Crippen molar-refractivity contribution in [2.45, 2.75) is 51.5 Å². The fourth-order valence-corrected chi connectivity index (χ4v) is 3.05. The number of nitrogens with one attached hydrogen (secondary N) is 1. The van der Waals surface area contributed by atoms with Crippen molar-refractivity contribution in [3.05, 3.63) is 29.3 Å². The van der Waals surface area contributed by atoms with E-state index >= 15 is 0 Å². The molecule has 110 valence electrons. The monoisotopic (exact) mass is 274 g/mol. The summed E-state index contributed by atoms with van der Waals surface area (Å²) in [6, 6.07) is 6.39. The van der Waals surface area contributed by atoms with E-state index in [0.717, 1.165) is 24.1 Å². The highest BCUT2D eigenvalue weighted by atomic mass is 16.2. The van der Waals surface area contributed by atoms with Crippen LogP contribution in [-0.4, -0.2) is 30.9 Å². The zero-order chi connectivity index (χ0) is 14.5. The quantitative estimate of drug-likeness (QED) is 0.850. The molecule has 1 amide bonds. The number of carbonyl (C=O) groups excluding carboxylic acids is 1. The lowest BCUT2D eigenvalue weighted by Crippen LogP contribution is -2.37. The highest BCUT2D eigenvalue weighted by Crippen LogP contribution is 2.24. The van der Waals surface area contributed by atoms with Gasteiger partial charge in [-0.3, -0.25) is 4.79 Å². The molecule has 0 saturated heterocycles. The number of hydrogen-bond donors (Lipinski definition) is 1. The van der Waals surface area contributed by atoms with Crippen molar-refractivity contribution in [2.24, 2.45) is 0 Å². The third-order valence-electron chi connectivity index (χ3n) is 4.37. The van der Waals surface area contributed by atoms with Gasteiger partial charge in [0.25, 0.3) is 5.91 Å². The molecule has 0 spiro atoms. The van der Waals surface area contributed by atoms with Crippen LogP contribution in [0.3, 0.4) is 0 Å². The van der Waals surface area contributed by atoms with Crippen LogP contribution in [0.5, 0.6) is 0 Å². The van der Waals surface area contributed by atoms with Crippen molar-refractivity contribution in [1.29, 1.82) is 0 Å². The standard InChI is InChI=1S/C17H26N2O/c1-13-10-11-15(16(12-13)18-2)17(20)19(3)14-8-6-4-5-7-9-14/h10-12,14,18H,4-9H2,1-3H3. The second-order valence-corrected chi connectivity index (χ2v) is 5.86. The Morgan fingerprint density at radius 1 is 1.20 bits per heavy atom. The normalized spacial score (nSPS) is 16.6. The summed E-state index contributed by atoms with van der Waals surface area (Å²) in [6.07, 6.45) is 7.39. The number of rotatable bonds is 3. The molecular weight excluding hydrogens is 248 g/mol. The average Bonchev–Trinajstić information content (AvgIpc) is 2.74. The Hall–Kier alpha value is -1.51. The summed E-state index contributed by atoms with van der Waals surface area (Å²) in [6.45, 7) is 2.05. The fraction of sp³-hybridized carbons (Fsp3) is 0.588. The molecule has 0 unspecified atom stereocenters. The average molecular weight is 274 g/mol. The van der Waals surface area contributed by atoms with Crippen LogP contribution in [0.2, 0.25) is 0 Å². The predicted molar refractivity (Wildman–Crippen MR) is 84.3 cm³/mol. The minimum absolute atomic E-state index is 0.140. The van der Waals surface area contributed by atoms with E-state index in [0.29, 0.717) is 6.04 Å². The lowest BCUT2D eigenvalue weighted by molar-refractivity contribution is 0.0718. The number of benzene rings is 1. The molecule has 0 aliphatic heterocycles. The summed E-state index contributed by atoms with van der Waals surface area (Å²) in [7, 11) is 3.83. The molecule has 1 aliphatic carbocycles. The molecule has 1 fully saturated rings. The Morgan fingerprint density at radius 3 is 2.45 bits per heavy atom. The SMILES string of the molecule is CNc1cc(C)ccc1C(=O)N(C)C1CCCCCC1. The van der Waals surface area contributed by atoms with E-state index in [9.17, 15) is 4.79 Å². The van der Waals surface area contributed by atoms with Gasteiger partial charge < -0.3 is 10.2 Å². The number of nitrogens with zero attached hydrogens (tertiary/aromatic N) is 1. The first-order chi connectivity index (χ1) is 9.63. The molecule has 2 rings (SSSR count). The zero-order valence-electron chi connectivity index (χ0n) is 12.9. The third kappa shape index (κ3) is 3.33. The molecule has 3 nitrogen and oxygen atoms in total. The molecule has 0 heterocycles. The van der Waals surface area contributed by atoms with Crippen molar-refractivity contribution in [3.8, 4) is 0 Å². The first-order valence-corrected chi connectivity index (χ1v) is 7.69.